The Kier molecular flexibility index (Phi) is 6.52. The molecular weight excluding hydrogens is 386 g/mol. The third-order valence-corrected chi connectivity index (χ3v) is 6.17. The highest BCUT2D eigenvalue weighted by atomic mass is 16.5. The van der Waals surface area contributed by atoms with Crippen LogP contribution in [0.4, 0.5) is 0 Å². The number of ether oxygens (including phenoxy) is 1. The van der Waals surface area contributed by atoms with E-state index in [0.717, 1.165) is 25.8 Å². The van der Waals surface area contributed by atoms with Crippen molar-refractivity contribution in [2.75, 3.05) is 19.8 Å². The highest BCUT2D eigenvalue weighted by molar-refractivity contribution is 5.83. The van der Waals surface area contributed by atoms with Crippen LogP contribution in [-0.2, 0) is 22.5 Å². The van der Waals surface area contributed by atoms with Crippen molar-refractivity contribution in [2.24, 2.45) is 5.41 Å². The van der Waals surface area contributed by atoms with Crippen molar-refractivity contribution in [1.82, 2.24) is 14.9 Å². The lowest BCUT2D eigenvalue weighted by atomic mass is 9.74. The predicted molar refractivity (Wildman–Crippen MR) is 123 cm³/mol. The van der Waals surface area contributed by atoms with Crippen molar-refractivity contribution < 1.29 is 9.53 Å². The molecule has 0 unspecified atom stereocenters. The van der Waals surface area contributed by atoms with E-state index < -0.39 is 5.41 Å². The molecule has 0 saturated carbocycles. The number of benzene rings is 2. The number of hydrogen-bond acceptors (Lipinski definition) is 3. The first kappa shape index (κ1) is 21.3. The summed E-state index contributed by atoms with van der Waals surface area (Å²) in [5.41, 5.74) is 5.73. The minimum atomic E-state index is -0.422. The molecule has 1 amide bonds. The molecule has 1 aromatic heterocycles. The number of aryl methyl sites for hydroxylation is 2. The summed E-state index contributed by atoms with van der Waals surface area (Å²) in [4.78, 5) is 17.4. The Hall–Kier alpha value is -2.92. The highest BCUT2D eigenvalue weighted by Crippen LogP contribution is 2.36. The van der Waals surface area contributed by atoms with Crippen molar-refractivity contribution in [3.8, 4) is 11.1 Å². The van der Waals surface area contributed by atoms with E-state index in [1.54, 1.807) is 12.5 Å². The Labute approximate surface area is 184 Å². The zero-order chi connectivity index (χ0) is 21.7. The molecule has 5 heteroatoms. The van der Waals surface area contributed by atoms with Crippen LogP contribution in [0.1, 0.15) is 29.5 Å². The van der Waals surface area contributed by atoms with Crippen LogP contribution in [0, 0.1) is 19.3 Å². The molecular formula is C26H31N3O2. The first-order valence-electron chi connectivity index (χ1n) is 11.0. The zero-order valence-electron chi connectivity index (χ0n) is 18.4. The van der Waals surface area contributed by atoms with Crippen LogP contribution in [-0.4, -0.2) is 35.2 Å². The SMILES string of the molecule is Cc1cc(C)cc(-c2cccc(CC3(C(=O)NCCn4ccnc4)CCOCC3)c2)c1. The van der Waals surface area contributed by atoms with Gasteiger partial charge in [0.25, 0.3) is 0 Å². The molecule has 0 spiro atoms. The summed E-state index contributed by atoms with van der Waals surface area (Å²) in [5, 5.41) is 3.17. The van der Waals surface area contributed by atoms with E-state index >= 15 is 0 Å². The summed E-state index contributed by atoms with van der Waals surface area (Å²) in [7, 11) is 0. The largest absolute Gasteiger partial charge is 0.381 e. The molecule has 1 N–H and O–H groups in total. The van der Waals surface area contributed by atoms with E-state index in [4.69, 9.17) is 4.74 Å². The van der Waals surface area contributed by atoms with Crippen molar-refractivity contribution in [3.05, 3.63) is 77.9 Å². The van der Waals surface area contributed by atoms with Crippen molar-refractivity contribution in [1.29, 1.82) is 0 Å². The van der Waals surface area contributed by atoms with Gasteiger partial charge in [0, 0.05) is 38.7 Å². The number of rotatable bonds is 7. The van der Waals surface area contributed by atoms with Gasteiger partial charge in [-0.25, -0.2) is 4.98 Å². The standard InChI is InChI=1S/C26H31N3O2/c1-20-14-21(2)16-24(15-20)23-5-3-4-22(17-23)18-26(6-12-31-13-7-26)25(30)28-9-11-29-10-8-27-19-29/h3-5,8,10,14-17,19H,6-7,9,11-13,18H2,1-2H3,(H,28,30). The Morgan fingerprint density at radius 1 is 1.10 bits per heavy atom. The van der Waals surface area contributed by atoms with Crippen molar-refractivity contribution >= 4 is 5.91 Å². The molecule has 2 heterocycles. The Bertz CT molecular complexity index is 1000. The van der Waals surface area contributed by atoms with Gasteiger partial charge in [0.05, 0.1) is 11.7 Å². The number of nitrogens with zero attached hydrogens (tertiary/aromatic N) is 2. The van der Waals surface area contributed by atoms with Gasteiger partial charge in [-0.1, -0.05) is 53.6 Å². The van der Waals surface area contributed by atoms with Gasteiger partial charge in [0.15, 0.2) is 0 Å². The summed E-state index contributed by atoms with van der Waals surface area (Å²) < 4.78 is 7.58. The van der Waals surface area contributed by atoms with E-state index in [1.165, 1.54) is 27.8 Å². The zero-order valence-corrected chi connectivity index (χ0v) is 18.4. The lowest BCUT2D eigenvalue weighted by Gasteiger charge is -2.36. The highest BCUT2D eigenvalue weighted by Gasteiger charge is 2.39. The fraction of sp³-hybridized carbons (Fsp3) is 0.385. The molecule has 3 aromatic rings. The smallest absolute Gasteiger partial charge is 0.226 e. The number of amides is 1. The van der Waals surface area contributed by atoms with Gasteiger partial charge in [-0.15, -0.1) is 0 Å². The van der Waals surface area contributed by atoms with Gasteiger partial charge in [0.2, 0.25) is 5.91 Å². The summed E-state index contributed by atoms with van der Waals surface area (Å²) >= 11 is 0. The molecule has 0 bridgehead atoms. The Morgan fingerprint density at radius 2 is 1.87 bits per heavy atom. The first-order valence-corrected chi connectivity index (χ1v) is 11.0. The van der Waals surface area contributed by atoms with Gasteiger partial charge in [-0.2, -0.15) is 0 Å². The summed E-state index contributed by atoms with van der Waals surface area (Å²) in [5.74, 6) is 0.132. The molecule has 162 valence electrons. The van der Waals surface area contributed by atoms with Crippen LogP contribution in [0.3, 0.4) is 0 Å². The normalized spacial score (nSPS) is 15.5. The summed E-state index contributed by atoms with van der Waals surface area (Å²) in [6.07, 6.45) is 7.66. The van der Waals surface area contributed by atoms with E-state index in [-0.39, 0.29) is 5.91 Å². The lowest BCUT2D eigenvalue weighted by Crippen LogP contribution is -2.46. The number of carbonyl (C=O) groups is 1. The van der Waals surface area contributed by atoms with Crippen molar-refractivity contribution in [2.45, 2.75) is 39.7 Å². The van der Waals surface area contributed by atoms with E-state index in [1.807, 2.05) is 10.8 Å². The molecule has 1 saturated heterocycles. The lowest BCUT2D eigenvalue weighted by molar-refractivity contribution is -0.136. The van der Waals surface area contributed by atoms with E-state index in [2.05, 4.69) is 66.6 Å². The number of nitrogens with one attached hydrogen (secondary N) is 1. The van der Waals surface area contributed by atoms with Crippen LogP contribution < -0.4 is 5.32 Å². The molecule has 0 atom stereocenters. The maximum Gasteiger partial charge on any atom is 0.226 e. The molecule has 4 rings (SSSR count). The third-order valence-electron chi connectivity index (χ3n) is 6.17. The number of imidazole rings is 1. The van der Waals surface area contributed by atoms with E-state index in [9.17, 15) is 4.79 Å². The number of carbonyl (C=O) groups excluding carboxylic acids is 1. The number of aromatic nitrogens is 2. The van der Waals surface area contributed by atoms with E-state index in [0.29, 0.717) is 19.8 Å². The molecule has 5 nitrogen and oxygen atoms in total. The van der Waals surface area contributed by atoms with Crippen LogP contribution in [0.15, 0.2) is 61.2 Å². The van der Waals surface area contributed by atoms with Gasteiger partial charge < -0.3 is 14.6 Å². The fourth-order valence-corrected chi connectivity index (χ4v) is 4.54. The molecule has 31 heavy (non-hydrogen) atoms. The summed E-state index contributed by atoms with van der Waals surface area (Å²) in [6, 6.07) is 15.3. The third kappa shape index (κ3) is 5.23. The maximum atomic E-state index is 13.3. The molecule has 1 fully saturated rings. The topological polar surface area (TPSA) is 56.2 Å². The van der Waals surface area contributed by atoms with Crippen LogP contribution >= 0.6 is 0 Å². The summed E-state index contributed by atoms with van der Waals surface area (Å²) in [6.45, 7) is 6.84. The minimum Gasteiger partial charge on any atom is -0.381 e. The predicted octanol–water partition coefficient (Wildman–Crippen LogP) is 4.32. The minimum absolute atomic E-state index is 0.132. The first-order chi connectivity index (χ1) is 15.0. The van der Waals surface area contributed by atoms with Gasteiger partial charge in [-0.3, -0.25) is 4.79 Å². The van der Waals surface area contributed by atoms with Gasteiger partial charge in [-0.05, 0) is 49.8 Å². The van der Waals surface area contributed by atoms with Crippen LogP contribution in [0.2, 0.25) is 0 Å². The van der Waals surface area contributed by atoms with Gasteiger partial charge >= 0.3 is 0 Å². The second-order valence-electron chi connectivity index (χ2n) is 8.70. The fourth-order valence-electron chi connectivity index (χ4n) is 4.54. The monoisotopic (exact) mass is 417 g/mol. The molecule has 0 aliphatic carbocycles. The number of hydrogen-bond donors (Lipinski definition) is 1. The Balaban J connectivity index is 1.51. The molecule has 0 radical (unpaired) electrons. The average Bonchev–Trinajstić information content (AvgIpc) is 3.27. The average molecular weight is 418 g/mol. The van der Waals surface area contributed by atoms with Crippen LogP contribution in [0.5, 0.6) is 0 Å². The molecule has 1 aliphatic rings. The quantitative estimate of drug-likeness (QED) is 0.623. The molecule has 2 aromatic carbocycles. The molecule has 1 aliphatic heterocycles. The second-order valence-corrected chi connectivity index (χ2v) is 8.70. The Morgan fingerprint density at radius 3 is 2.58 bits per heavy atom. The van der Waals surface area contributed by atoms with Crippen molar-refractivity contribution in [3.63, 3.8) is 0 Å². The maximum absolute atomic E-state index is 13.3. The van der Waals surface area contributed by atoms with Crippen LogP contribution in [0.25, 0.3) is 11.1 Å². The second kappa shape index (κ2) is 9.48. The van der Waals surface area contributed by atoms with Gasteiger partial charge in [0.1, 0.15) is 0 Å².